The van der Waals surface area contributed by atoms with Crippen LogP contribution in [0.15, 0.2) is 53.4 Å². The Balaban J connectivity index is 1.89. The van der Waals surface area contributed by atoms with E-state index in [-0.39, 0.29) is 21.4 Å². The zero-order chi connectivity index (χ0) is 17.4. The number of nitrogens with zero attached hydrogens (tertiary/aromatic N) is 1. The summed E-state index contributed by atoms with van der Waals surface area (Å²) < 4.78 is 52.2. The summed E-state index contributed by atoms with van der Waals surface area (Å²) >= 11 is 6.15. The SMILES string of the molecule is O=S(=O)(Nc1ccc(N2CCCS2(=O)=O)cc1Cl)c1ccccc1. The minimum atomic E-state index is -3.76. The van der Waals surface area contributed by atoms with Crippen LogP contribution in [0, 0.1) is 0 Å². The van der Waals surface area contributed by atoms with Crippen molar-refractivity contribution < 1.29 is 16.8 Å². The number of halogens is 1. The maximum absolute atomic E-state index is 12.3. The maximum Gasteiger partial charge on any atom is 0.261 e. The molecule has 0 saturated carbocycles. The first-order chi connectivity index (χ1) is 11.3. The van der Waals surface area contributed by atoms with Gasteiger partial charge in [-0.3, -0.25) is 9.03 Å². The Morgan fingerprint density at radius 2 is 1.79 bits per heavy atom. The van der Waals surface area contributed by atoms with Crippen LogP contribution >= 0.6 is 11.6 Å². The lowest BCUT2D eigenvalue weighted by Crippen LogP contribution is -2.25. The zero-order valence-electron chi connectivity index (χ0n) is 12.5. The fourth-order valence-corrected chi connectivity index (χ4v) is 5.41. The number of rotatable bonds is 4. The second kappa shape index (κ2) is 6.27. The molecule has 1 N–H and O–H groups in total. The Morgan fingerprint density at radius 3 is 2.38 bits per heavy atom. The van der Waals surface area contributed by atoms with Gasteiger partial charge in [-0.05, 0) is 36.8 Å². The fraction of sp³-hybridized carbons (Fsp3) is 0.200. The molecule has 0 aliphatic carbocycles. The molecule has 1 aliphatic heterocycles. The predicted molar refractivity (Wildman–Crippen MR) is 94.5 cm³/mol. The van der Waals surface area contributed by atoms with Crippen molar-refractivity contribution in [1.29, 1.82) is 0 Å². The highest BCUT2D eigenvalue weighted by molar-refractivity contribution is 7.93. The van der Waals surface area contributed by atoms with Crippen LogP contribution in [0.4, 0.5) is 11.4 Å². The van der Waals surface area contributed by atoms with Crippen molar-refractivity contribution in [2.75, 3.05) is 21.3 Å². The molecule has 128 valence electrons. The van der Waals surface area contributed by atoms with E-state index in [9.17, 15) is 16.8 Å². The first kappa shape index (κ1) is 17.1. The number of hydrogen-bond acceptors (Lipinski definition) is 4. The minimum absolute atomic E-state index is 0.104. The van der Waals surface area contributed by atoms with E-state index >= 15 is 0 Å². The van der Waals surface area contributed by atoms with E-state index in [1.54, 1.807) is 18.2 Å². The summed E-state index contributed by atoms with van der Waals surface area (Å²) in [6.07, 6.45) is 0.558. The van der Waals surface area contributed by atoms with Crippen molar-refractivity contribution in [3.8, 4) is 0 Å². The number of benzene rings is 2. The molecule has 2 aromatic rings. The normalized spacial score (nSPS) is 17.0. The van der Waals surface area contributed by atoms with E-state index in [1.165, 1.54) is 34.6 Å². The Labute approximate surface area is 146 Å². The van der Waals surface area contributed by atoms with Gasteiger partial charge in [0.1, 0.15) is 0 Å². The molecule has 0 aromatic heterocycles. The van der Waals surface area contributed by atoms with Gasteiger partial charge in [0.25, 0.3) is 10.0 Å². The molecule has 3 rings (SSSR count). The molecular formula is C15H15ClN2O4S2. The molecule has 0 radical (unpaired) electrons. The molecule has 1 fully saturated rings. The molecule has 6 nitrogen and oxygen atoms in total. The highest BCUT2D eigenvalue weighted by Crippen LogP contribution is 2.32. The van der Waals surface area contributed by atoms with E-state index < -0.39 is 20.0 Å². The van der Waals surface area contributed by atoms with Gasteiger partial charge in [-0.1, -0.05) is 29.8 Å². The van der Waals surface area contributed by atoms with Crippen LogP contribution in [0.25, 0.3) is 0 Å². The number of hydrogen-bond donors (Lipinski definition) is 1. The molecule has 1 saturated heterocycles. The second-order valence-electron chi connectivity index (χ2n) is 5.32. The summed E-state index contributed by atoms with van der Waals surface area (Å²) in [7, 11) is -7.07. The Morgan fingerprint density at radius 1 is 1.08 bits per heavy atom. The third-order valence-electron chi connectivity index (χ3n) is 3.64. The number of nitrogens with one attached hydrogen (secondary N) is 1. The predicted octanol–water partition coefficient (Wildman–Crippen LogP) is 2.68. The lowest BCUT2D eigenvalue weighted by molar-refractivity contribution is 0.598. The van der Waals surface area contributed by atoms with E-state index in [1.807, 2.05) is 0 Å². The van der Waals surface area contributed by atoms with Crippen LogP contribution in [0.1, 0.15) is 6.42 Å². The van der Waals surface area contributed by atoms with Crippen molar-refractivity contribution in [3.63, 3.8) is 0 Å². The molecular weight excluding hydrogens is 372 g/mol. The van der Waals surface area contributed by atoms with Crippen LogP contribution in [0.2, 0.25) is 5.02 Å². The van der Waals surface area contributed by atoms with Crippen molar-refractivity contribution in [3.05, 3.63) is 53.6 Å². The van der Waals surface area contributed by atoms with Gasteiger partial charge in [-0.15, -0.1) is 0 Å². The van der Waals surface area contributed by atoms with Gasteiger partial charge in [-0.25, -0.2) is 16.8 Å². The lowest BCUT2D eigenvalue weighted by Gasteiger charge is -2.18. The molecule has 0 unspecified atom stereocenters. The Hall–Kier alpha value is -1.77. The van der Waals surface area contributed by atoms with Crippen molar-refractivity contribution >= 4 is 43.0 Å². The largest absolute Gasteiger partial charge is 0.278 e. The smallest absolute Gasteiger partial charge is 0.261 e. The van der Waals surface area contributed by atoms with E-state index in [0.717, 1.165) is 0 Å². The van der Waals surface area contributed by atoms with E-state index in [4.69, 9.17) is 11.6 Å². The molecule has 1 aliphatic rings. The Kier molecular flexibility index (Phi) is 4.46. The van der Waals surface area contributed by atoms with Crippen LogP contribution in [0.5, 0.6) is 0 Å². The second-order valence-corrected chi connectivity index (χ2v) is 9.43. The molecule has 0 amide bonds. The number of anilines is 2. The summed E-state index contributed by atoms with van der Waals surface area (Å²) in [4.78, 5) is 0.118. The third-order valence-corrected chi connectivity index (χ3v) is 7.20. The summed E-state index contributed by atoms with van der Waals surface area (Å²) in [5.41, 5.74) is 0.626. The summed E-state index contributed by atoms with van der Waals surface area (Å²) in [5, 5.41) is 0.133. The maximum atomic E-state index is 12.3. The Bertz CT molecular complexity index is 960. The van der Waals surface area contributed by atoms with Crippen molar-refractivity contribution in [2.24, 2.45) is 0 Å². The van der Waals surface area contributed by atoms with Gasteiger partial charge >= 0.3 is 0 Å². The quantitative estimate of drug-likeness (QED) is 0.875. The van der Waals surface area contributed by atoms with Crippen molar-refractivity contribution in [2.45, 2.75) is 11.3 Å². The molecule has 0 spiro atoms. The monoisotopic (exact) mass is 386 g/mol. The minimum Gasteiger partial charge on any atom is -0.278 e. The summed E-state index contributed by atoms with van der Waals surface area (Å²) in [6, 6.07) is 12.4. The molecule has 1 heterocycles. The van der Waals surface area contributed by atoms with E-state index in [0.29, 0.717) is 18.7 Å². The zero-order valence-corrected chi connectivity index (χ0v) is 14.9. The van der Waals surface area contributed by atoms with Crippen LogP contribution in [0.3, 0.4) is 0 Å². The topological polar surface area (TPSA) is 83.6 Å². The molecule has 0 atom stereocenters. The van der Waals surface area contributed by atoms with Gasteiger partial charge in [0.2, 0.25) is 10.0 Å². The molecule has 0 bridgehead atoms. The number of sulfonamides is 2. The van der Waals surface area contributed by atoms with Gasteiger partial charge in [0, 0.05) is 6.54 Å². The molecule has 2 aromatic carbocycles. The average Bonchev–Trinajstić information content (AvgIpc) is 2.89. The summed E-state index contributed by atoms with van der Waals surface area (Å²) in [5.74, 6) is 0.104. The van der Waals surface area contributed by atoms with E-state index in [2.05, 4.69) is 4.72 Å². The van der Waals surface area contributed by atoms with Crippen molar-refractivity contribution in [1.82, 2.24) is 0 Å². The van der Waals surface area contributed by atoms with Gasteiger partial charge in [0.15, 0.2) is 0 Å². The standard InChI is InChI=1S/C15H15ClN2O4S2/c16-14-11-12(18-9-4-10-23(18,19)20)7-8-15(14)17-24(21,22)13-5-2-1-3-6-13/h1-3,5-8,11,17H,4,9-10H2. The first-order valence-corrected chi connectivity index (χ1v) is 10.6. The van der Waals surface area contributed by atoms with Crippen LogP contribution in [-0.2, 0) is 20.0 Å². The molecule has 24 heavy (non-hydrogen) atoms. The third kappa shape index (κ3) is 3.35. The fourth-order valence-electron chi connectivity index (χ4n) is 2.47. The highest BCUT2D eigenvalue weighted by Gasteiger charge is 2.29. The highest BCUT2D eigenvalue weighted by atomic mass is 35.5. The first-order valence-electron chi connectivity index (χ1n) is 7.17. The van der Waals surface area contributed by atoms with Crippen LogP contribution < -0.4 is 9.03 Å². The van der Waals surface area contributed by atoms with Crippen LogP contribution in [-0.4, -0.2) is 29.1 Å². The van der Waals surface area contributed by atoms with Gasteiger partial charge in [-0.2, -0.15) is 0 Å². The molecule has 9 heteroatoms. The summed E-state index contributed by atoms with van der Waals surface area (Å²) in [6.45, 7) is 0.397. The average molecular weight is 387 g/mol. The van der Waals surface area contributed by atoms with Gasteiger partial charge < -0.3 is 0 Å². The lowest BCUT2D eigenvalue weighted by atomic mass is 10.3. The van der Waals surface area contributed by atoms with Gasteiger partial charge in [0.05, 0.1) is 27.0 Å².